The van der Waals surface area contributed by atoms with Crippen molar-refractivity contribution in [2.24, 2.45) is 7.05 Å². The fourth-order valence-corrected chi connectivity index (χ4v) is 1.37. The van der Waals surface area contributed by atoms with Crippen molar-refractivity contribution in [1.29, 1.82) is 0 Å². The SMILES string of the molecule is Cn1nc(Br)cc1CC(=O)C(=O)O. The molecule has 70 valence electrons. The van der Waals surface area contributed by atoms with Gasteiger partial charge in [0.15, 0.2) is 0 Å². The molecule has 1 rings (SSSR count). The smallest absolute Gasteiger partial charge is 0.372 e. The van der Waals surface area contributed by atoms with Crippen molar-refractivity contribution in [2.45, 2.75) is 6.42 Å². The van der Waals surface area contributed by atoms with Crippen LogP contribution in [0.2, 0.25) is 0 Å². The van der Waals surface area contributed by atoms with Crippen molar-refractivity contribution in [2.75, 3.05) is 0 Å². The number of carboxylic acids is 1. The van der Waals surface area contributed by atoms with E-state index in [0.717, 1.165) is 0 Å². The van der Waals surface area contributed by atoms with Gasteiger partial charge in [0.25, 0.3) is 0 Å². The second-order valence-electron chi connectivity index (χ2n) is 2.49. The van der Waals surface area contributed by atoms with Gasteiger partial charge in [-0.2, -0.15) is 5.10 Å². The lowest BCUT2D eigenvalue weighted by atomic mass is 10.2. The van der Waals surface area contributed by atoms with Gasteiger partial charge in [-0.25, -0.2) is 4.79 Å². The van der Waals surface area contributed by atoms with Crippen LogP contribution in [0.5, 0.6) is 0 Å². The molecule has 0 bridgehead atoms. The van der Waals surface area contributed by atoms with Crippen LogP contribution in [-0.4, -0.2) is 26.6 Å². The Morgan fingerprint density at radius 3 is 2.69 bits per heavy atom. The first-order chi connectivity index (χ1) is 6.00. The molecule has 1 N–H and O–H groups in total. The van der Waals surface area contributed by atoms with E-state index in [1.165, 1.54) is 4.68 Å². The predicted octanol–water partition coefficient (Wildman–Crippen LogP) is 0.379. The zero-order valence-electron chi connectivity index (χ0n) is 6.82. The molecule has 0 saturated carbocycles. The molecule has 0 aliphatic rings. The molecule has 0 atom stereocenters. The average molecular weight is 247 g/mol. The summed E-state index contributed by atoms with van der Waals surface area (Å²) in [7, 11) is 1.65. The number of aromatic nitrogens is 2. The van der Waals surface area contributed by atoms with Gasteiger partial charge in [0, 0.05) is 12.7 Å². The highest BCUT2D eigenvalue weighted by Gasteiger charge is 2.14. The number of aryl methyl sites for hydroxylation is 1. The number of nitrogens with zero attached hydrogens (tertiary/aromatic N) is 2. The quantitative estimate of drug-likeness (QED) is 0.783. The van der Waals surface area contributed by atoms with Crippen molar-refractivity contribution in [3.63, 3.8) is 0 Å². The molecule has 0 radical (unpaired) electrons. The van der Waals surface area contributed by atoms with E-state index < -0.39 is 11.8 Å². The Morgan fingerprint density at radius 1 is 1.69 bits per heavy atom. The van der Waals surface area contributed by atoms with Gasteiger partial charge >= 0.3 is 5.97 Å². The number of halogens is 1. The van der Waals surface area contributed by atoms with Crippen molar-refractivity contribution in [1.82, 2.24) is 9.78 Å². The van der Waals surface area contributed by atoms with E-state index in [9.17, 15) is 9.59 Å². The highest BCUT2D eigenvalue weighted by Crippen LogP contribution is 2.09. The Kier molecular flexibility index (Phi) is 2.82. The molecule has 1 aromatic rings. The van der Waals surface area contributed by atoms with Gasteiger partial charge in [0.1, 0.15) is 4.60 Å². The summed E-state index contributed by atoms with van der Waals surface area (Å²) < 4.78 is 2.05. The second-order valence-corrected chi connectivity index (χ2v) is 3.30. The molecule has 0 spiro atoms. The summed E-state index contributed by atoms with van der Waals surface area (Å²) in [6, 6.07) is 1.61. The zero-order valence-corrected chi connectivity index (χ0v) is 8.41. The summed E-state index contributed by atoms with van der Waals surface area (Å²) in [5.41, 5.74) is 0.569. The van der Waals surface area contributed by atoms with Gasteiger partial charge in [-0.15, -0.1) is 0 Å². The van der Waals surface area contributed by atoms with Crippen LogP contribution in [0.4, 0.5) is 0 Å². The van der Waals surface area contributed by atoms with Crippen LogP contribution >= 0.6 is 15.9 Å². The molecule has 5 nitrogen and oxygen atoms in total. The maximum atomic E-state index is 10.8. The summed E-state index contributed by atoms with van der Waals surface area (Å²) in [6.07, 6.45) is -0.134. The Hall–Kier alpha value is -1.17. The number of carboxylic acid groups (broad SMARTS) is 1. The van der Waals surface area contributed by atoms with E-state index >= 15 is 0 Å². The standard InChI is InChI=1S/C7H7BrN2O3/c1-10-4(3-6(8)9-10)2-5(11)7(12)13/h3H,2H2,1H3,(H,12,13). The molecular weight excluding hydrogens is 240 g/mol. The van der Waals surface area contributed by atoms with Crippen molar-refractivity contribution in [3.8, 4) is 0 Å². The number of carbonyl (C=O) groups excluding carboxylic acids is 1. The van der Waals surface area contributed by atoms with E-state index in [4.69, 9.17) is 5.11 Å². The molecule has 0 aliphatic carbocycles. The molecule has 0 aromatic carbocycles. The molecule has 6 heteroatoms. The second kappa shape index (κ2) is 3.69. The highest BCUT2D eigenvalue weighted by molar-refractivity contribution is 9.10. The van der Waals surface area contributed by atoms with Crippen molar-refractivity contribution < 1.29 is 14.7 Å². The van der Waals surface area contributed by atoms with Crippen LogP contribution in [0.1, 0.15) is 5.69 Å². The number of Topliss-reactive ketones (excluding diaryl/α,β-unsaturated/α-hetero) is 1. The highest BCUT2D eigenvalue weighted by atomic mass is 79.9. The number of hydrogen-bond acceptors (Lipinski definition) is 3. The van der Waals surface area contributed by atoms with Crippen LogP contribution in [0, 0.1) is 0 Å². The van der Waals surface area contributed by atoms with Crippen LogP contribution in [0.25, 0.3) is 0 Å². The molecule has 1 aromatic heterocycles. The average Bonchev–Trinajstić information content (AvgIpc) is 2.30. The minimum Gasteiger partial charge on any atom is -0.475 e. The molecule has 0 aliphatic heterocycles. The predicted molar refractivity (Wildman–Crippen MR) is 47.3 cm³/mol. The largest absolute Gasteiger partial charge is 0.475 e. The monoisotopic (exact) mass is 246 g/mol. The molecular formula is C7H7BrN2O3. The number of rotatable bonds is 3. The topological polar surface area (TPSA) is 72.2 Å². The third kappa shape index (κ3) is 2.38. The molecule has 0 saturated heterocycles. The molecule has 1 heterocycles. The lowest BCUT2D eigenvalue weighted by Crippen LogP contribution is -2.16. The molecule has 0 fully saturated rings. The summed E-state index contributed by atoms with van der Waals surface area (Å²) in [5.74, 6) is -2.26. The Labute approximate surface area is 82.5 Å². The van der Waals surface area contributed by atoms with E-state index in [2.05, 4.69) is 21.0 Å². The number of aliphatic carboxylic acids is 1. The van der Waals surface area contributed by atoms with E-state index in [1.807, 2.05) is 0 Å². The molecule has 0 unspecified atom stereocenters. The Bertz CT molecular complexity index is 359. The lowest BCUT2D eigenvalue weighted by Gasteiger charge is -1.96. The van der Waals surface area contributed by atoms with Crippen LogP contribution in [0.15, 0.2) is 10.7 Å². The Morgan fingerprint density at radius 2 is 2.31 bits per heavy atom. The maximum Gasteiger partial charge on any atom is 0.372 e. The lowest BCUT2D eigenvalue weighted by molar-refractivity contribution is -0.148. The number of hydrogen-bond donors (Lipinski definition) is 1. The van der Waals surface area contributed by atoms with Gasteiger partial charge in [0.05, 0.1) is 6.42 Å². The fraction of sp³-hybridized carbons (Fsp3) is 0.286. The number of ketones is 1. The van der Waals surface area contributed by atoms with Crippen LogP contribution < -0.4 is 0 Å². The number of carbonyl (C=O) groups is 2. The summed E-state index contributed by atoms with van der Waals surface area (Å²) in [4.78, 5) is 21.0. The van der Waals surface area contributed by atoms with E-state index in [1.54, 1.807) is 13.1 Å². The zero-order chi connectivity index (χ0) is 10.0. The van der Waals surface area contributed by atoms with Gasteiger partial charge in [-0.1, -0.05) is 0 Å². The first-order valence-corrected chi connectivity index (χ1v) is 4.24. The summed E-state index contributed by atoms with van der Waals surface area (Å²) in [5, 5.41) is 12.3. The Balaban J connectivity index is 2.80. The minimum atomic E-state index is -1.42. The van der Waals surface area contributed by atoms with Crippen LogP contribution in [-0.2, 0) is 23.1 Å². The molecule has 13 heavy (non-hydrogen) atoms. The van der Waals surface area contributed by atoms with Gasteiger partial charge in [0.2, 0.25) is 5.78 Å². The fourth-order valence-electron chi connectivity index (χ4n) is 0.873. The van der Waals surface area contributed by atoms with Crippen molar-refractivity contribution >= 4 is 27.7 Å². The van der Waals surface area contributed by atoms with E-state index in [-0.39, 0.29) is 6.42 Å². The maximum absolute atomic E-state index is 10.8. The van der Waals surface area contributed by atoms with E-state index in [0.29, 0.717) is 10.3 Å². The first-order valence-electron chi connectivity index (χ1n) is 3.45. The third-order valence-electron chi connectivity index (χ3n) is 1.53. The summed E-state index contributed by atoms with van der Waals surface area (Å²) >= 11 is 3.12. The normalized spacial score (nSPS) is 10.0. The van der Waals surface area contributed by atoms with Crippen molar-refractivity contribution in [3.05, 3.63) is 16.4 Å². The van der Waals surface area contributed by atoms with Gasteiger partial charge < -0.3 is 5.11 Å². The van der Waals surface area contributed by atoms with Gasteiger partial charge in [-0.05, 0) is 22.0 Å². The van der Waals surface area contributed by atoms with Gasteiger partial charge in [-0.3, -0.25) is 9.48 Å². The molecule has 0 amide bonds. The summed E-state index contributed by atoms with van der Waals surface area (Å²) in [6.45, 7) is 0. The van der Waals surface area contributed by atoms with Crippen LogP contribution in [0.3, 0.4) is 0 Å². The third-order valence-corrected chi connectivity index (χ3v) is 1.91. The minimum absolute atomic E-state index is 0.134. The first kappa shape index (κ1) is 9.91.